The van der Waals surface area contributed by atoms with Crippen LogP contribution in [0.2, 0.25) is 0 Å². The number of benzene rings is 2. The molecule has 0 atom stereocenters. The fraction of sp³-hybridized carbons (Fsp3) is 0.136. The van der Waals surface area contributed by atoms with E-state index in [2.05, 4.69) is 16.7 Å². The topological polar surface area (TPSA) is 90.4 Å². The molecule has 0 aliphatic rings. The molecular formula is C22H19N3O4. The summed E-state index contributed by atoms with van der Waals surface area (Å²) < 4.78 is 12.3. The summed E-state index contributed by atoms with van der Waals surface area (Å²) in [5, 5.41) is 15.3. The summed E-state index contributed by atoms with van der Waals surface area (Å²) in [7, 11) is 0. The van der Waals surface area contributed by atoms with Gasteiger partial charge in [0.25, 0.3) is 11.4 Å². The van der Waals surface area contributed by atoms with Gasteiger partial charge in [-0.2, -0.15) is 4.98 Å². The van der Waals surface area contributed by atoms with Crippen molar-refractivity contribution in [1.29, 1.82) is 0 Å². The molecule has 2 aromatic heterocycles. The van der Waals surface area contributed by atoms with Crippen LogP contribution < -0.4 is 10.3 Å². The van der Waals surface area contributed by atoms with E-state index in [9.17, 15) is 9.90 Å². The first-order valence-electron chi connectivity index (χ1n) is 9.16. The number of fused-ring (bicyclic) bond motifs is 1. The summed E-state index contributed by atoms with van der Waals surface area (Å²) in [6.45, 7) is 6.48. The van der Waals surface area contributed by atoms with E-state index in [0.29, 0.717) is 28.9 Å². The predicted octanol–water partition coefficient (Wildman–Crippen LogP) is 4.01. The van der Waals surface area contributed by atoms with Crippen LogP contribution in [0.1, 0.15) is 6.92 Å². The normalized spacial score (nSPS) is 10.9. The van der Waals surface area contributed by atoms with Crippen molar-refractivity contribution in [2.75, 3.05) is 6.61 Å². The van der Waals surface area contributed by atoms with Gasteiger partial charge in [-0.25, -0.2) is 0 Å². The van der Waals surface area contributed by atoms with Gasteiger partial charge in [-0.05, 0) is 43.3 Å². The van der Waals surface area contributed by atoms with Crippen LogP contribution in [0.3, 0.4) is 0 Å². The Labute approximate surface area is 166 Å². The van der Waals surface area contributed by atoms with Crippen molar-refractivity contribution in [2.24, 2.45) is 0 Å². The number of rotatable bonds is 6. The van der Waals surface area contributed by atoms with Gasteiger partial charge < -0.3 is 18.9 Å². The third kappa shape index (κ3) is 3.27. The van der Waals surface area contributed by atoms with Crippen LogP contribution in [0.4, 0.5) is 0 Å². The van der Waals surface area contributed by atoms with Crippen LogP contribution in [0.5, 0.6) is 11.5 Å². The number of hydrogen-bond acceptors (Lipinski definition) is 6. The highest BCUT2D eigenvalue weighted by Gasteiger charge is 2.22. The molecule has 0 bridgehead atoms. The SMILES string of the molecule is C=CCn1c(=O)c(-c2nc(-c3ccc(OCC)cc3)no2)c(O)c2ccccc21. The molecule has 0 fully saturated rings. The number of para-hydroxylation sites is 1. The molecule has 2 aromatic carbocycles. The van der Waals surface area contributed by atoms with Crippen molar-refractivity contribution in [3.05, 3.63) is 71.5 Å². The number of pyridine rings is 1. The molecule has 0 unspecified atom stereocenters. The molecule has 2 heterocycles. The first-order chi connectivity index (χ1) is 14.1. The molecule has 7 heteroatoms. The van der Waals surface area contributed by atoms with Crippen LogP contribution in [0.25, 0.3) is 33.7 Å². The van der Waals surface area contributed by atoms with Crippen molar-refractivity contribution in [3.63, 3.8) is 0 Å². The summed E-state index contributed by atoms with van der Waals surface area (Å²) in [6, 6.07) is 14.3. The predicted molar refractivity (Wildman–Crippen MR) is 110 cm³/mol. The van der Waals surface area contributed by atoms with E-state index in [1.165, 1.54) is 4.57 Å². The first-order valence-corrected chi connectivity index (χ1v) is 9.16. The van der Waals surface area contributed by atoms with Gasteiger partial charge in [0.05, 0.1) is 12.1 Å². The minimum atomic E-state index is -0.428. The van der Waals surface area contributed by atoms with E-state index >= 15 is 0 Å². The van der Waals surface area contributed by atoms with Gasteiger partial charge in [0.2, 0.25) is 5.82 Å². The maximum Gasteiger partial charge on any atom is 0.268 e. The maximum absolute atomic E-state index is 13.1. The minimum Gasteiger partial charge on any atom is -0.506 e. The maximum atomic E-state index is 13.1. The van der Waals surface area contributed by atoms with Crippen LogP contribution in [0, 0.1) is 0 Å². The fourth-order valence-electron chi connectivity index (χ4n) is 3.20. The zero-order valence-electron chi connectivity index (χ0n) is 15.8. The molecule has 4 rings (SSSR count). The highest BCUT2D eigenvalue weighted by molar-refractivity contribution is 5.91. The second-order valence-corrected chi connectivity index (χ2v) is 6.33. The molecular weight excluding hydrogens is 370 g/mol. The van der Waals surface area contributed by atoms with Crippen molar-refractivity contribution in [3.8, 4) is 34.3 Å². The van der Waals surface area contributed by atoms with E-state index in [1.54, 1.807) is 54.6 Å². The van der Waals surface area contributed by atoms with E-state index in [0.717, 1.165) is 5.75 Å². The lowest BCUT2D eigenvalue weighted by Crippen LogP contribution is -2.22. The van der Waals surface area contributed by atoms with Crippen LogP contribution in [0.15, 0.2) is 70.5 Å². The van der Waals surface area contributed by atoms with Gasteiger partial charge in [0.15, 0.2) is 0 Å². The average Bonchev–Trinajstić information content (AvgIpc) is 3.22. The molecule has 0 amide bonds. The number of hydrogen-bond donors (Lipinski definition) is 1. The first kappa shape index (κ1) is 18.5. The van der Waals surface area contributed by atoms with E-state index in [-0.39, 0.29) is 23.7 Å². The number of allylic oxidation sites excluding steroid dienone is 1. The molecule has 0 saturated heterocycles. The van der Waals surface area contributed by atoms with Gasteiger partial charge in [-0.3, -0.25) is 4.79 Å². The molecule has 0 saturated carbocycles. The molecule has 0 aliphatic heterocycles. The Morgan fingerprint density at radius 1 is 1.21 bits per heavy atom. The molecule has 29 heavy (non-hydrogen) atoms. The van der Waals surface area contributed by atoms with Crippen molar-refractivity contribution in [1.82, 2.24) is 14.7 Å². The summed E-state index contributed by atoms with van der Waals surface area (Å²) in [5.41, 5.74) is 0.846. The number of nitrogens with zero attached hydrogens (tertiary/aromatic N) is 3. The number of aromatic nitrogens is 3. The Bertz CT molecular complexity index is 1240. The number of ether oxygens (including phenoxy) is 1. The van der Waals surface area contributed by atoms with Crippen LogP contribution in [-0.2, 0) is 6.54 Å². The minimum absolute atomic E-state index is 0.0322. The summed E-state index contributed by atoms with van der Waals surface area (Å²) >= 11 is 0. The molecule has 0 aliphatic carbocycles. The molecule has 0 radical (unpaired) electrons. The fourth-order valence-corrected chi connectivity index (χ4v) is 3.20. The van der Waals surface area contributed by atoms with E-state index < -0.39 is 5.56 Å². The summed E-state index contributed by atoms with van der Waals surface area (Å²) in [4.78, 5) is 17.4. The molecule has 4 aromatic rings. The molecule has 1 N–H and O–H groups in total. The smallest absolute Gasteiger partial charge is 0.268 e. The Kier molecular flexibility index (Phi) is 4.87. The van der Waals surface area contributed by atoms with Gasteiger partial charge in [-0.1, -0.05) is 23.4 Å². The zero-order valence-corrected chi connectivity index (χ0v) is 15.8. The van der Waals surface area contributed by atoms with Gasteiger partial charge >= 0.3 is 0 Å². The Balaban J connectivity index is 1.83. The van der Waals surface area contributed by atoms with Crippen molar-refractivity contribution >= 4 is 10.9 Å². The summed E-state index contributed by atoms with van der Waals surface area (Å²) in [6.07, 6.45) is 1.62. The van der Waals surface area contributed by atoms with E-state index in [1.807, 2.05) is 6.92 Å². The van der Waals surface area contributed by atoms with Crippen molar-refractivity contribution in [2.45, 2.75) is 13.5 Å². The highest BCUT2D eigenvalue weighted by Crippen LogP contribution is 2.33. The Hall–Kier alpha value is -3.87. The van der Waals surface area contributed by atoms with Crippen LogP contribution >= 0.6 is 0 Å². The van der Waals surface area contributed by atoms with Crippen LogP contribution in [-0.4, -0.2) is 26.4 Å². The number of aromatic hydroxyl groups is 1. The lowest BCUT2D eigenvalue weighted by Gasteiger charge is -2.11. The largest absolute Gasteiger partial charge is 0.506 e. The van der Waals surface area contributed by atoms with Crippen molar-refractivity contribution < 1.29 is 14.4 Å². The third-order valence-electron chi connectivity index (χ3n) is 4.52. The highest BCUT2D eigenvalue weighted by atomic mass is 16.5. The van der Waals surface area contributed by atoms with Gasteiger partial charge in [-0.15, -0.1) is 6.58 Å². The monoisotopic (exact) mass is 389 g/mol. The Morgan fingerprint density at radius 2 is 1.97 bits per heavy atom. The Morgan fingerprint density at radius 3 is 2.69 bits per heavy atom. The second-order valence-electron chi connectivity index (χ2n) is 6.33. The van der Waals surface area contributed by atoms with E-state index in [4.69, 9.17) is 9.26 Å². The molecule has 7 nitrogen and oxygen atoms in total. The average molecular weight is 389 g/mol. The lowest BCUT2D eigenvalue weighted by atomic mass is 10.1. The van der Waals surface area contributed by atoms with Gasteiger partial charge in [0, 0.05) is 17.5 Å². The summed E-state index contributed by atoms with van der Waals surface area (Å²) in [5.74, 6) is 0.817. The van der Waals surface area contributed by atoms with Gasteiger partial charge in [0.1, 0.15) is 17.1 Å². The lowest BCUT2D eigenvalue weighted by molar-refractivity contribution is 0.340. The zero-order chi connectivity index (χ0) is 20.4. The standard InChI is InChI=1S/C22H19N3O4/c1-3-13-25-17-8-6-5-7-16(17)19(26)18(22(25)27)21-23-20(24-29-21)14-9-11-15(12-10-14)28-4-2/h3,5-12,26H,1,4,13H2,2H3. The molecule has 146 valence electrons. The third-order valence-corrected chi connectivity index (χ3v) is 4.52. The molecule has 0 spiro atoms. The second kappa shape index (κ2) is 7.63. The quantitative estimate of drug-likeness (QED) is 0.501.